The van der Waals surface area contributed by atoms with Crippen molar-refractivity contribution >= 4 is 5.97 Å². The molecule has 0 aliphatic heterocycles. The van der Waals surface area contributed by atoms with Crippen LogP contribution in [0.3, 0.4) is 0 Å². The van der Waals surface area contributed by atoms with Gasteiger partial charge in [0, 0.05) is 0 Å². The summed E-state index contributed by atoms with van der Waals surface area (Å²) in [5.74, 6) is 0.336. The van der Waals surface area contributed by atoms with E-state index in [1.807, 2.05) is 32.9 Å². The second-order valence-corrected chi connectivity index (χ2v) is 4.58. The van der Waals surface area contributed by atoms with Crippen LogP contribution < -0.4 is 4.74 Å². The maximum Gasteiger partial charge on any atom is 0.344 e. The van der Waals surface area contributed by atoms with Crippen LogP contribution in [-0.4, -0.2) is 24.3 Å². The van der Waals surface area contributed by atoms with Gasteiger partial charge in [0.15, 0.2) is 6.61 Å². The summed E-state index contributed by atoms with van der Waals surface area (Å²) in [7, 11) is 0. The molecule has 0 atom stereocenters. The fraction of sp³-hybridized carbons (Fsp3) is 0.533. The summed E-state index contributed by atoms with van der Waals surface area (Å²) in [6.45, 7) is 6.19. The van der Waals surface area contributed by atoms with E-state index in [9.17, 15) is 4.79 Å². The quantitative estimate of drug-likeness (QED) is 0.608. The maximum absolute atomic E-state index is 11.4. The van der Waals surface area contributed by atoms with Crippen LogP contribution in [0.5, 0.6) is 5.75 Å². The molecule has 0 amide bonds. The number of hydrogen-bond donors (Lipinski definition) is 1. The lowest BCUT2D eigenvalue weighted by molar-refractivity contribution is -0.146. The molecule has 0 bridgehead atoms. The third-order valence-corrected chi connectivity index (χ3v) is 2.80. The molecule has 0 fully saturated rings. The second-order valence-electron chi connectivity index (χ2n) is 4.58. The zero-order valence-electron chi connectivity index (χ0n) is 11.9. The fourth-order valence-electron chi connectivity index (χ4n) is 1.86. The molecule has 0 aromatic heterocycles. The number of rotatable bonds is 7. The van der Waals surface area contributed by atoms with Crippen LogP contribution in [0.4, 0.5) is 0 Å². The van der Waals surface area contributed by atoms with E-state index < -0.39 is 0 Å². The maximum atomic E-state index is 11.4. The number of benzene rings is 1. The molecule has 0 radical (unpaired) electrons. The Morgan fingerprint density at radius 2 is 1.89 bits per heavy atom. The lowest BCUT2D eigenvalue weighted by Gasteiger charge is -2.13. The Morgan fingerprint density at radius 1 is 1.26 bits per heavy atom. The topological polar surface area (TPSA) is 55.8 Å². The van der Waals surface area contributed by atoms with E-state index in [2.05, 4.69) is 0 Å². The number of esters is 1. The fourth-order valence-corrected chi connectivity index (χ4v) is 1.86. The van der Waals surface area contributed by atoms with Crippen molar-refractivity contribution in [2.24, 2.45) is 0 Å². The van der Waals surface area contributed by atoms with Gasteiger partial charge in [-0.25, -0.2) is 4.79 Å². The summed E-state index contributed by atoms with van der Waals surface area (Å²) in [4.78, 5) is 11.4. The second kappa shape index (κ2) is 7.79. The minimum atomic E-state index is -0.349. The summed E-state index contributed by atoms with van der Waals surface area (Å²) < 4.78 is 10.5. The lowest BCUT2D eigenvalue weighted by atomic mass is 10.1. The van der Waals surface area contributed by atoms with Gasteiger partial charge in [-0.3, -0.25) is 0 Å². The van der Waals surface area contributed by atoms with Crippen LogP contribution in [0, 0.1) is 13.8 Å². The minimum absolute atomic E-state index is 0.00101. The molecule has 0 spiro atoms. The Labute approximate surface area is 114 Å². The number of unbranched alkanes of at least 4 members (excludes halogenated alkanes) is 1. The van der Waals surface area contributed by atoms with Gasteiger partial charge in [0.05, 0.1) is 13.2 Å². The molecule has 19 heavy (non-hydrogen) atoms. The number of ether oxygens (including phenoxy) is 2. The zero-order valence-corrected chi connectivity index (χ0v) is 11.9. The summed E-state index contributed by atoms with van der Waals surface area (Å²) in [5, 5.41) is 9.10. The van der Waals surface area contributed by atoms with Gasteiger partial charge in [-0.1, -0.05) is 25.5 Å². The summed E-state index contributed by atoms with van der Waals surface area (Å²) in [6.07, 6.45) is 1.87. The third kappa shape index (κ3) is 4.91. The first-order valence-electron chi connectivity index (χ1n) is 6.57. The number of carbonyl (C=O) groups is 1. The predicted molar refractivity (Wildman–Crippen MR) is 73.2 cm³/mol. The number of carbonyl (C=O) groups excluding carboxylic acids is 1. The van der Waals surface area contributed by atoms with Crippen molar-refractivity contribution in [3.63, 3.8) is 0 Å². The van der Waals surface area contributed by atoms with Gasteiger partial charge in [0.1, 0.15) is 5.75 Å². The SMILES string of the molecule is CCCCOC(=O)COc1c(C)cc(CO)cc1C. The first-order chi connectivity index (χ1) is 9.08. The van der Waals surface area contributed by atoms with Crippen molar-refractivity contribution in [1.29, 1.82) is 0 Å². The molecular weight excluding hydrogens is 244 g/mol. The highest BCUT2D eigenvalue weighted by atomic mass is 16.6. The van der Waals surface area contributed by atoms with E-state index >= 15 is 0 Å². The van der Waals surface area contributed by atoms with Gasteiger partial charge in [0.25, 0.3) is 0 Å². The molecule has 1 aromatic carbocycles. The highest BCUT2D eigenvalue weighted by molar-refractivity contribution is 5.71. The van der Waals surface area contributed by atoms with Crippen molar-refractivity contribution in [3.05, 3.63) is 28.8 Å². The summed E-state index contributed by atoms with van der Waals surface area (Å²) in [6, 6.07) is 3.70. The number of hydrogen-bond acceptors (Lipinski definition) is 4. The van der Waals surface area contributed by atoms with Crippen LogP contribution >= 0.6 is 0 Å². The Bertz CT molecular complexity index is 403. The molecule has 1 N–H and O–H groups in total. The zero-order chi connectivity index (χ0) is 14.3. The molecule has 4 heteroatoms. The molecule has 0 saturated carbocycles. The Kier molecular flexibility index (Phi) is 6.36. The largest absolute Gasteiger partial charge is 0.481 e. The normalized spacial score (nSPS) is 10.3. The van der Waals surface area contributed by atoms with E-state index in [0.29, 0.717) is 12.4 Å². The molecular formula is C15H22O4. The lowest BCUT2D eigenvalue weighted by Crippen LogP contribution is -2.16. The monoisotopic (exact) mass is 266 g/mol. The van der Waals surface area contributed by atoms with Crippen molar-refractivity contribution in [2.75, 3.05) is 13.2 Å². The van der Waals surface area contributed by atoms with Gasteiger partial charge < -0.3 is 14.6 Å². The van der Waals surface area contributed by atoms with Crippen molar-refractivity contribution in [1.82, 2.24) is 0 Å². The van der Waals surface area contributed by atoms with Crippen molar-refractivity contribution in [3.8, 4) is 5.75 Å². The van der Waals surface area contributed by atoms with Gasteiger partial charge in [-0.15, -0.1) is 0 Å². The summed E-state index contributed by atoms with van der Waals surface area (Å²) in [5.41, 5.74) is 2.66. The minimum Gasteiger partial charge on any atom is -0.481 e. The Balaban J connectivity index is 2.55. The number of aryl methyl sites for hydroxylation is 2. The first kappa shape index (κ1) is 15.5. The van der Waals surface area contributed by atoms with Crippen LogP contribution in [0.2, 0.25) is 0 Å². The average Bonchev–Trinajstić information content (AvgIpc) is 2.37. The van der Waals surface area contributed by atoms with E-state index in [0.717, 1.165) is 29.5 Å². The molecule has 4 nitrogen and oxygen atoms in total. The number of aliphatic hydroxyl groups is 1. The molecule has 0 saturated heterocycles. The molecule has 1 aromatic rings. The smallest absolute Gasteiger partial charge is 0.344 e. The third-order valence-electron chi connectivity index (χ3n) is 2.80. The van der Waals surface area contributed by atoms with E-state index in [4.69, 9.17) is 14.6 Å². The first-order valence-corrected chi connectivity index (χ1v) is 6.57. The van der Waals surface area contributed by atoms with Gasteiger partial charge in [0.2, 0.25) is 0 Å². The van der Waals surface area contributed by atoms with Crippen molar-refractivity contribution in [2.45, 2.75) is 40.2 Å². The van der Waals surface area contributed by atoms with Crippen LogP contribution in [-0.2, 0) is 16.1 Å². The Morgan fingerprint density at radius 3 is 2.42 bits per heavy atom. The molecule has 0 unspecified atom stereocenters. The predicted octanol–water partition coefficient (Wildman–Crippen LogP) is 2.52. The van der Waals surface area contributed by atoms with Gasteiger partial charge >= 0.3 is 5.97 Å². The molecule has 0 aliphatic rings. The van der Waals surface area contributed by atoms with Crippen LogP contribution in [0.25, 0.3) is 0 Å². The van der Waals surface area contributed by atoms with Crippen molar-refractivity contribution < 1.29 is 19.4 Å². The standard InChI is InChI=1S/C15H22O4/c1-4-5-6-18-14(17)10-19-15-11(2)7-13(9-16)8-12(15)3/h7-8,16H,4-6,9-10H2,1-3H3. The Hall–Kier alpha value is -1.55. The highest BCUT2D eigenvalue weighted by Crippen LogP contribution is 2.24. The van der Waals surface area contributed by atoms with Crippen LogP contribution in [0.1, 0.15) is 36.5 Å². The van der Waals surface area contributed by atoms with Crippen LogP contribution in [0.15, 0.2) is 12.1 Å². The van der Waals surface area contributed by atoms with E-state index in [1.54, 1.807) is 0 Å². The van der Waals surface area contributed by atoms with Gasteiger partial charge in [-0.05, 0) is 37.0 Å². The molecule has 0 heterocycles. The molecule has 1 rings (SSSR count). The average molecular weight is 266 g/mol. The number of aliphatic hydroxyl groups excluding tert-OH is 1. The molecule has 0 aliphatic carbocycles. The van der Waals surface area contributed by atoms with E-state index in [-0.39, 0.29) is 19.2 Å². The highest BCUT2D eigenvalue weighted by Gasteiger charge is 2.09. The van der Waals surface area contributed by atoms with Gasteiger partial charge in [-0.2, -0.15) is 0 Å². The van der Waals surface area contributed by atoms with E-state index in [1.165, 1.54) is 0 Å². The molecule has 106 valence electrons. The summed E-state index contributed by atoms with van der Waals surface area (Å²) >= 11 is 0.